The Morgan fingerprint density at radius 1 is 1.38 bits per heavy atom. The van der Waals surface area contributed by atoms with Crippen molar-refractivity contribution in [3.05, 3.63) is 23.2 Å². The third-order valence-corrected chi connectivity index (χ3v) is 7.05. The zero-order chi connectivity index (χ0) is 17.8. The molecule has 3 saturated heterocycles. The number of benzene rings is 1. The molecule has 1 aromatic carbocycles. The number of aromatic nitrogens is 1. The number of rotatable bonds is 4. The van der Waals surface area contributed by atoms with Gasteiger partial charge in [0.25, 0.3) is 0 Å². The van der Waals surface area contributed by atoms with E-state index in [1.54, 1.807) is 11.3 Å². The summed E-state index contributed by atoms with van der Waals surface area (Å²) < 4.78 is 13.8. The van der Waals surface area contributed by atoms with Crippen LogP contribution in [0.5, 0.6) is 5.75 Å². The van der Waals surface area contributed by atoms with Gasteiger partial charge in [0.1, 0.15) is 10.8 Å². The Bertz CT molecular complexity index is 875. The highest BCUT2D eigenvalue weighted by Gasteiger charge is 2.54. The van der Waals surface area contributed by atoms with Crippen molar-refractivity contribution in [3.63, 3.8) is 0 Å². The van der Waals surface area contributed by atoms with Crippen LogP contribution < -0.4 is 4.74 Å². The summed E-state index contributed by atoms with van der Waals surface area (Å²) in [5.74, 6) is 2.32. The summed E-state index contributed by atoms with van der Waals surface area (Å²) in [6.45, 7) is 6.46. The fraction of sp³-hybridized carbons (Fsp3) is 0.579. The minimum Gasteiger partial charge on any atom is -0.585 e. The van der Waals surface area contributed by atoms with Crippen LogP contribution in [0, 0.1) is 5.92 Å². The zero-order valence-corrected chi connectivity index (χ0v) is 15.9. The van der Waals surface area contributed by atoms with E-state index in [9.17, 15) is 0 Å². The summed E-state index contributed by atoms with van der Waals surface area (Å²) in [5, 5.41) is 1.04. The summed E-state index contributed by atoms with van der Waals surface area (Å²) in [7, 11) is 6.52. The molecule has 2 bridgehead atoms. The van der Waals surface area contributed by atoms with Crippen LogP contribution in [0.4, 0.5) is 0 Å². The van der Waals surface area contributed by atoms with Gasteiger partial charge < -0.3 is 13.9 Å². The zero-order valence-electron chi connectivity index (χ0n) is 15.1. The van der Waals surface area contributed by atoms with E-state index in [0.717, 1.165) is 65.9 Å². The number of piperidine rings is 3. The molecular weight excluding hydrogens is 345 g/mol. The van der Waals surface area contributed by atoms with E-state index < -0.39 is 0 Å². The van der Waals surface area contributed by atoms with Crippen molar-refractivity contribution in [1.29, 1.82) is 0 Å². The van der Waals surface area contributed by atoms with Crippen molar-refractivity contribution in [2.75, 3.05) is 32.8 Å². The lowest BCUT2D eigenvalue weighted by Gasteiger charge is -2.64. The molecule has 0 amide bonds. The molecule has 1 spiro atoms. The maximum absolute atomic E-state index is 6.52. The summed E-state index contributed by atoms with van der Waals surface area (Å²) in [6, 6.07) is 6.06. The Hall–Kier alpha value is -1.60. The maximum Gasteiger partial charge on any atom is 0.191 e. The number of hydrogen-bond donors (Lipinski definition) is 0. The van der Waals surface area contributed by atoms with Gasteiger partial charge in [0, 0.05) is 19.0 Å². The van der Waals surface area contributed by atoms with Crippen LogP contribution in [0.1, 0.15) is 24.8 Å². The van der Waals surface area contributed by atoms with Gasteiger partial charge >= 0.3 is 0 Å². The second-order valence-corrected chi connectivity index (χ2v) is 8.94. The second kappa shape index (κ2) is 5.96. The van der Waals surface area contributed by atoms with Crippen molar-refractivity contribution in [2.45, 2.75) is 31.8 Å². The largest absolute Gasteiger partial charge is 0.585 e. The van der Waals surface area contributed by atoms with Gasteiger partial charge in [-0.25, -0.2) is 13.0 Å². The molecule has 135 valence electrons. The number of hydrogen-bond acceptors (Lipinski definition) is 5. The van der Waals surface area contributed by atoms with E-state index >= 15 is 0 Å². The van der Waals surface area contributed by atoms with Crippen molar-refractivity contribution in [3.8, 4) is 5.75 Å². The number of ether oxygens (including phenoxy) is 2. The summed E-state index contributed by atoms with van der Waals surface area (Å²) in [5.41, 5.74) is 0.843. The molecule has 0 saturated carbocycles. The lowest BCUT2D eigenvalue weighted by Crippen LogP contribution is -2.69. The first-order valence-corrected chi connectivity index (χ1v) is 10.3. The first kappa shape index (κ1) is 16.6. The van der Waals surface area contributed by atoms with Gasteiger partial charge in [-0.3, -0.25) is 4.99 Å². The first-order valence-electron chi connectivity index (χ1n) is 9.47. The summed E-state index contributed by atoms with van der Waals surface area (Å²) in [4.78, 5) is 9.49. The van der Waals surface area contributed by atoms with Crippen molar-refractivity contribution in [2.24, 2.45) is 10.9 Å². The Balaban J connectivity index is 1.32. The monoisotopic (exact) mass is 368 g/mol. The Labute approximate surface area is 159 Å². The molecule has 1 aromatic heterocycles. The molecular formula is C19H23BN3O2S. The number of quaternary nitrogens is 1. The van der Waals surface area contributed by atoms with Gasteiger partial charge in [0.05, 0.1) is 36.3 Å². The SMILES string of the molecule is [B-][N+]12CCC(CC1)C1(CN=C(Cc3nc4ccc(OCC)cc4s3)O1)C2. The van der Waals surface area contributed by atoms with E-state index in [0.29, 0.717) is 23.3 Å². The standard InChI is InChI=1S/C19H23BN3O2S/c1-2-24-14-3-4-15-16(9-14)26-18(22-15)10-17-21-11-19(25-17)12-23(20)7-5-13(19)6-8-23/h3-4,9,13H,2,5-8,10-12H2,1H3. The average Bonchev–Trinajstić information content (AvgIpc) is 3.19. The highest BCUT2D eigenvalue weighted by atomic mass is 32.1. The normalized spacial score (nSPS) is 32.8. The van der Waals surface area contributed by atoms with Crippen molar-refractivity contribution >= 4 is 35.4 Å². The van der Waals surface area contributed by atoms with Crippen molar-refractivity contribution < 1.29 is 13.9 Å². The first-order chi connectivity index (χ1) is 12.6. The van der Waals surface area contributed by atoms with Gasteiger partial charge in [-0.2, -0.15) is 0 Å². The molecule has 7 heteroatoms. The molecule has 4 aliphatic heterocycles. The Morgan fingerprint density at radius 2 is 2.23 bits per heavy atom. The van der Waals surface area contributed by atoms with Gasteiger partial charge in [0.2, 0.25) is 0 Å². The molecule has 3 radical (unpaired) electrons. The van der Waals surface area contributed by atoms with Gasteiger partial charge in [0.15, 0.2) is 11.5 Å². The van der Waals surface area contributed by atoms with Crippen LogP contribution in [0.15, 0.2) is 23.2 Å². The summed E-state index contributed by atoms with van der Waals surface area (Å²) >= 11 is 1.69. The molecule has 26 heavy (non-hydrogen) atoms. The highest BCUT2D eigenvalue weighted by molar-refractivity contribution is 7.18. The van der Waals surface area contributed by atoms with E-state index in [1.807, 2.05) is 19.1 Å². The lowest BCUT2D eigenvalue weighted by atomic mass is 9.72. The average molecular weight is 368 g/mol. The van der Waals surface area contributed by atoms with E-state index in [4.69, 9.17) is 27.4 Å². The van der Waals surface area contributed by atoms with Crippen LogP contribution in [0.3, 0.4) is 0 Å². The van der Waals surface area contributed by atoms with Gasteiger partial charge in [-0.15, -0.1) is 11.3 Å². The quantitative estimate of drug-likeness (QED) is 0.780. The molecule has 1 atom stereocenters. The molecule has 0 N–H and O–H groups in total. The molecule has 5 heterocycles. The van der Waals surface area contributed by atoms with E-state index in [1.165, 1.54) is 0 Å². The van der Waals surface area contributed by atoms with Crippen LogP contribution in [-0.4, -0.2) is 61.6 Å². The summed E-state index contributed by atoms with van der Waals surface area (Å²) in [6.07, 6.45) is 2.98. The molecule has 1 unspecified atom stereocenters. The second-order valence-electron chi connectivity index (χ2n) is 7.82. The fourth-order valence-corrected chi connectivity index (χ4v) is 5.74. The van der Waals surface area contributed by atoms with Crippen LogP contribution in [-0.2, 0) is 11.2 Å². The van der Waals surface area contributed by atoms with Crippen LogP contribution >= 0.6 is 11.3 Å². The fourth-order valence-electron chi connectivity index (χ4n) is 4.75. The Kier molecular flexibility index (Phi) is 3.80. The molecule has 4 aliphatic rings. The van der Waals surface area contributed by atoms with Gasteiger partial charge in [-0.05, 0) is 38.0 Å². The molecule has 5 nitrogen and oxygen atoms in total. The minimum atomic E-state index is -0.167. The number of nitrogens with zero attached hydrogens (tertiary/aromatic N) is 3. The number of thiazole rings is 1. The van der Waals surface area contributed by atoms with Crippen molar-refractivity contribution in [1.82, 2.24) is 4.98 Å². The highest BCUT2D eigenvalue weighted by Crippen LogP contribution is 2.44. The third kappa shape index (κ3) is 2.72. The Morgan fingerprint density at radius 3 is 3.00 bits per heavy atom. The lowest BCUT2D eigenvalue weighted by molar-refractivity contribution is -0.845. The third-order valence-electron chi connectivity index (χ3n) is 6.03. The van der Waals surface area contributed by atoms with Crippen LogP contribution in [0.25, 0.3) is 10.2 Å². The molecule has 6 rings (SSSR count). The molecule has 3 fully saturated rings. The molecule has 2 aromatic rings. The van der Waals surface area contributed by atoms with Gasteiger partial charge in [-0.1, -0.05) is 0 Å². The van der Waals surface area contributed by atoms with Crippen LogP contribution in [0.2, 0.25) is 0 Å². The molecule has 0 aliphatic carbocycles. The maximum atomic E-state index is 6.52. The minimum absolute atomic E-state index is 0.167. The van der Waals surface area contributed by atoms with E-state index in [-0.39, 0.29) is 5.60 Å². The smallest absolute Gasteiger partial charge is 0.191 e. The van der Waals surface area contributed by atoms with E-state index in [2.05, 4.69) is 6.07 Å². The predicted molar refractivity (Wildman–Crippen MR) is 104 cm³/mol. The predicted octanol–water partition coefficient (Wildman–Crippen LogP) is 2.73. The number of aliphatic imine (C=N–C) groups is 1. The topological polar surface area (TPSA) is 43.7 Å². The number of fused-ring (bicyclic) bond motifs is 3.